The standard InChI is InChI=1S/C32H52Br2O6/c1-3-25-27(31(35)36)30(40-24-20-16-12-8-6-10-14-18-22-34)26(4-2)28(32(37)38)29(25)39-23-19-15-11-7-5-9-13-17-21-33/h3-24H2,1-2H3,(H,35,36)(H,37,38). The van der Waals surface area contributed by atoms with Crippen LogP contribution in [0.1, 0.15) is 148 Å². The van der Waals surface area contributed by atoms with E-state index in [2.05, 4.69) is 31.9 Å². The van der Waals surface area contributed by atoms with E-state index >= 15 is 0 Å². The van der Waals surface area contributed by atoms with Gasteiger partial charge < -0.3 is 19.7 Å². The van der Waals surface area contributed by atoms with Crippen molar-refractivity contribution in [2.24, 2.45) is 0 Å². The Kier molecular flexibility index (Phi) is 21.4. The lowest BCUT2D eigenvalue weighted by atomic mass is 9.92. The maximum Gasteiger partial charge on any atom is 0.339 e. The third-order valence-electron chi connectivity index (χ3n) is 7.29. The second-order valence-corrected chi connectivity index (χ2v) is 12.0. The summed E-state index contributed by atoms with van der Waals surface area (Å²) in [7, 11) is 0. The van der Waals surface area contributed by atoms with Gasteiger partial charge in [-0.2, -0.15) is 0 Å². The maximum absolute atomic E-state index is 12.4. The van der Waals surface area contributed by atoms with Gasteiger partial charge in [0.15, 0.2) is 0 Å². The highest BCUT2D eigenvalue weighted by molar-refractivity contribution is 9.09. The molecule has 1 rings (SSSR count). The molecule has 0 aliphatic carbocycles. The summed E-state index contributed by atoms with van der Waals surface area (Å²) in [5, 5.41) is 22.5. The Labute approximate surface area is 259 Å². The highest BCUT2D eigenvalue weighted by atomic mass is 79.9. The van der Waals surface area contributed by atoms with Gasteiger partial charge in [-0.1, -0.05) is 123 Å². The normalized spacial score (nSPS) is 11.1. The largest absolute Gasteiger partial charge is 0.492 e. The van der Waals surface area contributed by atoms with E-state index in [1.165, 1.54) is 64.2 Å². The molecular formula is C32H52Br2O6. The van der Waals surface area contributed by atoms with Crippen LogP contribution in [0.4, 0.5) is 0 Å². The molecule has 0 aliphatic heterocycles. The smallest absolute Gasteiger partial charge is 0.339 e. The molecule has 230 valence electrons. The molecule has 0 saturated heterocycles. The van der Waals surface area contributed by atoms with Crippen LogP contribution in [0.5, 0.6) is 11.5 Å². The van der Waals surface area contributed by atoms with Crippen molar-refractivity contribution >= 4 is 43.8 Å². The van der Waals surface area contributed by atoms with Crippen molar-refractivity contribution in [3.8, 4) is 11.5 Å². The Morgan fingerprint density at radius 2 is 0.800 bits per heavy atom. The summed E-state index contributed by atoms with van der Waals surface area (Å²) in [5.74, 6) is -1.81. The van der Waals surface area contributed by atoms with Crippen LogP contribution < -0.4 is 9.47 Å². The van der Waals surface area contributed by atoms with E-state index in [9.17, 15) is 19.8 Å². The van der Waals surface area contributed by atoms with Crippen LogP contribution in [0.15, 0.2) is 0 Å². The molecule has 0 radical (unpaired) electrons. The lowest BCUT2D eigenvalue weighted by molar-refractivity contribution is 0.0669. The van der Waals surface area contributed by atoms with Crippen LogP contribution in [0.2, 0.25) is 0 Å². The van der Waals surface area contributed by atoms with Crippen LogP contribution in [0.25, 0.3) is 0 Å². The second-order valence-electron chi connectivity index (χ2n) is 10.4. The summed E-state index contributed by atoms with van der Waals surface area (Å²) in [5.41, 5.74) is 0.920. The number of ether oxygens (including phenoxy) is 2. The van der Waals surface area contributed by atoms with Gasteiger partial charge in [0.25, 0.3) is 0 Å². The number of unbranched alkanes of at least 4 members (excludes halogenated alkanes) is 14. The van der Waals surface area contributed by atoms with Gasteiger partial charge in [-0.3, -0.25) is 0 Å². The molecule has 40 heavy (non-hydrogen) atoms. The van der Waals surface area contributed by atoms with Gasteiger partial charge in [0.05, 0.1) is 13.2 Å². The predicted molar refractivity (Wildman–Crippen MR) is 172 cm³/mol. The first-order valence-corrected chi connectivity index (χ1v) is 17.7. The van der Waals surface area contributed by atoms with E-state index in [1.54, 1.807) is 0 Å². The number of halogens is 2. The Morgan fingerprint density at radius 1 is 0.525 bits per heavy atom. The number of carboxylic acids is 2. The van der Waals surface area contributed by atoms with E-state index in [0.717, 1.165) is 49.2 Å². The van der Waals surface area contributed by atoms with Crippen molar-refractivity contribution in [2.45, 2.75) is 129 Å². The third kappa shape index (κ3) is 13.6. The fourth-order valence-corrected chi connectivity index (χ4v) is 5.90. The molecule has 1 aromatic carbocycles. The number of rotatable bonds is 26. The van der Waals surface area contributed by atoms with E-state index in [4.69, 9.17) is 9.47 Å². The molecule has 8 heteroatoms. The highest BCUT2D eigenvalue weighted by Crippen LogP contribution is 2.40. The number of benzene rings is 1. The summed E-state index contributed by atoms with van der Waals surface area (Å²) in [6.07, 6.45) is 18.9. The zero-order chi connectivity index (χ0) is 29.6. The van der Waals surface area contributed by atoms with Crippen molar-refractivity contribution in [3.63, 3.8) is 0 Å². The SMILES string of the molecule is CCc1c(OCCCCCCCCCCBr)c(C(=O)O)c(CC)c(OCCCCCCCCCCBr)c1C(=O)O. The molecule has 0 bridgehead atoms. The fourth-order valence-electron chi connectivity index (χ4n) is 5.11. The molecular weight excluding hydrogens is 640 g/mol. The number of alkyl halides is 2. The van der Waals surface area contributed by atoms with E-state index in [0.29, 0.717) is 37.2 Å². The molecule has 0 atom stereocenters. The van der Waals surface area contributed by atoms with Crippen LogP contribution in [-0.2, 0) is 12.8 Å². The Hall–Kier alpha value is -1.28. The average molecular weight is 693 g/mol. The van der Waals surface area contributed by atoms with Gasteiger partial charge in [-0.15, -0.1) is 0 Å². The lowest BCUT2D eigenvalue weighted by Gasteiger charge is -2.23. The van der Waals surface area contributed by atoms with Crippen LogP contribution in [0.3, 0.4) is 0 Å². The highest BCUT2D eigenvalue weighted by Gasteiger charge is 2.31. The van der Waals surface area contributed by atoms with Crippen molar-refractivity contribution in [2.75, 3.05) is 23.9 Å². The first-order chi connectivity index (χ1) is 19.4. The van der Waals surface area contributed by atoms with Crippen LogP contribution in [-0.4, -0.2) is 46.0 Å². The van der Waals surface area contributed by atoms with Gasteiger partial charge in [-0.05, 0) is 38.5 Å². The first kappa shape index (κ1) is 36.7. The van der Waals surface area contributed by atoms with Crippen LogP contribution >= 0.6 is 31.9 Å². The Morgan fingerprint density at radius 3 is 1.05 bits per heavy atom. The van der Waals surface area contributed by atoms with Crippen molar-refractivity contribution in [1.82, 2.24) is 0 Å². The van der Waals surface area contributed by atoms with E-state index in [1.807, 2.05) is 13.8 Å². The number of carboxylic acid groups (broad SMARTS) is 2. The summed E-state index contributed by atoms with van der Waals surface area (Å²) in [6, 6.07) is 0. The molecule has 0 saturated carbocycles. The van der Waals surface area contributed by atoms with Gasteiger partial charge in [0, 0.05) is 21.8 Å². The topological polar surface area (TPSA) is 93.1 Å². The first-order valence-electron chi connectivity index (χ1n) is 15.5. The van der Waals surface area contributed by atoms with Crippen molar-refractivity contribution in [1.29, 1.82) is 0 Å². The fraction of sp³-hybridized carbons (Fsp3) is 0.750. The Bertz CT molecular complexity index is 789. The molecule has 0 unspecified atom stereocenters. The number of carbonyl (C=O) groups is 2. The summed E-state index contributed by atoms with van der Waals surface area (Å²) in [4.78, 5) is 24.9. The van der Waals surface area contributed by atoms with Crippen molar-refractivity contribution < 1.29 is 29.3 Å². The molecule has 6 nitrogen and oxygen atoms in total. The van der Waals surface area contributed by atoms with Gasteiger partial charge in [0.2, 0.25) is 0 Å². The minimum atomic E-state index is -1.10. The quantitative estimate of drug-likeness (QED) is 0.0742. The molecule has 1 aromatic rings. The molecule has 0 aliphatic rings. The second kappa shape index (κ2) is 23.3. The van der Waals surface area contributed by atoms with E-state index in [-0.39, 0.29) is 22.6 Å². The summed E-state index contributed by atoms with van der Waals surface area (Å²) < 4.78 is 12.1. The summed E-state index contributed by atoms with van der Waals surface area (Å²) >= 11 is 6.93. The van der Waals surface area contributed by atoms with E-state index < -0.39 is 11.9 Å². The predicted octanol–water partition coefficient (Wildman–Crippen LogP) is 10.00. The zero-order valence-electron chi connectivity index (χ0n) is 24.8. The van der Waals surface area contributed by atoms with Crippen molar-refractivity contribution in [3.05, 3.63) is 22.3 Å². The number of aromatic carboxylic acids is 2. The average Bonchev–Trinajstić information content (AvgIpc) is 2.94. The zero-order valence-corrected chi connectivity index (χ0v) is 28.0. The molecule has 2 N–H and O–H groups in total. The number of hydrogen-bond donors (Lipinski definition) is 2. The molecule has 0 heterocycles. The minimum absolute atomic E-state index is 0.0506. The number of hydrogen-bond acceptors (Lipinski definition) is 4. The third-order valence-corrected chi connectivity index (χ3v) is 8.41. The lowest BCUT2D eigenvalue weighted by Crippen LogP contribution is -2.17. The summed E-state index contributed by atoms with van der Waals surface area (Å²) in [6.45, 7) is 4.41. The molecule has 0 aromatic heterocycles. The monoisotopic (exact) mass is 690 g/mol. The minimum Gasteiger partial charge on any atom is -0.492 e. The Balaban J connectivity index is 2.86. The molecule has 0 fully saturated rings. The molecule has 0 spiro atoms. The molecule has 0 amide bonds. The van der Waals surface area contributed by atoms with Gasteiger partial charge in [-0.25, -0.2) is 9.59 Å². The van der Waals surface area contributed by atoms with Crippen LogP contribution in [0, 0.1) is 0 Å². The maximum atomic E-state index is 12.4. The van der Waals surface area contributed by atoms with Gasteiger partial charge >= 0.3 is 11.9 Å². The van der Waals surface area contributed by atoms with Gasteiger partial charge in [0.1, 0.15) is 22.6 Å².